The van der Waals surface area contributed by atoms with Gasteiger partial charge in [-0.25, -0.2) is 8.78 Å². The van der Waals surface area contributed by atoms with Gasteiger partial charge in [0.25, 0.3) is 5.91 Å². The van der Waals surface area contributed by atoms with Crippen molar-refractivity contribution >= 4 is 28.8 Å². The van der Waals surface area contributed by atoms with Crippen molar-refractivity contribution in [3.05, 3.63) is 68.6 Å². The van der Waals surface area contributed by atoms with Crippen LogP contribution in [0.1, 0.15) is 27.9 Å². The van der Waals surface area contributed by atoms with Gasteiger partial charge < -0.3 is 10.1 Å². The summed E-state index contributed by atoms with van der Waals surface area (Å²) in [6.45, 7) is 2.92. The van der Waals surface area contributed by atoms with Crippen LogP contribution in [-0.2, 0) is 19.7 Å². The van der Waals surface area contributed by atoms with Gasteiger partial charge in [0, 0.05) is 18.2 Å². The number of thiophene rings is 1. The van der Waals surface area contributed by atoms with Gasteiger partial charge in [0.05, 0.1) is 28.3 Å². The van der Waals surface area contributed by atoms with E-state index in [9.17, 15) is 13.6 Å². The summed E-state index contributed by atoms with van der Waals surface area (Å²) in [5, 5.41) is 9.17. The van der Waals surface area contributed by atoms with Crippen LogP contribution in [0.15, 0.2) is 35.8 Å². The molecule has 5 nitrogen and oxygen atoms in total. The summed E-state index contributed by atoms with van der Waals surface area (Å²) in [7, 11) is 0. The van der Waals surface area contributed by atoms with Crippen molar-refractivity contribution in [1.29, 1.82) is 0 Å². The smallest absolute Gasteiger partial charge is 0.261 e. The van der Waals surface area contributed by atoms with Crippen LogP contribution in [0.4, 0.5) is 8.78 Å². The number of benzene rings is 1. The molecule has 0 unspecified atom stereocenters. The van der Waals surface area contributed by atoms with Crippen LogP contribution in [0.5, 0.6) is 5.75 Å². The highest BCUT2D eigenvalue weighted by Crippen LogP contribution is 2.21. The van der Waals surface area contributed by atoms with E-state index < -0.39 is 11.6 Å². The lowest BCUT2D eigenvalue weighted by molar-refractivity contribution is 0.0954. The Morgan fingerprint density at radius 2 is 2.19 bits per heavy atom. The fourth-order valence-corrected chi connectivity index (χ4v) is 3.43. The first-order valence-corrected chi connectivity index (χ1v) is 9.37. The zero-order valence-electron chi connectivity index (χ0n) is 14.3. The minimum absolute atomic E-state index is 0.0453. The summed E-state index contributed by atoms with van der Waals surface area (Å²) in [6, 6.07) is 4.77. The van der Waals surface area contributed by atoms with Crippen molar-refractivity contribution in [2.75, 3.05) is 0 Å². The van der Waals surface area contributed by atoms with Gasteiger partial charge in [-0.1, -0.05) is 11.6 Å². The molecule has 0 aliphatic carbocycles. The Hall–Kier alpha value is -2.45. The molecule has 0 radical (unpaired) electrons. The Bertz CT molecular complexity index is 958. The second-order valence-corrected chi connectivity index (χ2v) is 6.94. The van der Waals surface area contributed by atoms with Crippen LogP contribution in [0, 0.1) is 11.6 Å². The number of carbonyl (C=O) groups excluding carboxylic acids is 1. The number of aromatic nitrogens is 2. The van der Waals surface area contributed by atoms with E-state index in [2.05, 4.69) is 10.4 Å². The molecule has 0 spiro atoms. The Balaban J connectivity index is 1.58. The van der Waals surface area contributed by atoms with Gasteiger partial charge in [0.2, 0.25) is 0 Å². The van der Waals surface area contributed by atoms with Crippen molar-refractivity contribution in [1.82, 2.24) is 15.1 Å². The van der Waals surface area contributed by atoms with Crippen LogP contribution >= 0.6 is 22.9 Å². The van der Waals surface area contributed by atoms with Gasteiger partial charge in [0.1, 0.15) is 12.4 Å². The number of aryl methyl sites for hydroxylation is 1. The van der Waals surface area contributed by atoms with Gasteiger partial charge in [0.15, 0.2) is 11.6 Å². The maximum atomic E-state index is 13.6. The van der Waals surface area contributed by atoms with Gasteiger partial charge >= 0.3 is 0 Å². The van der Waals surface area contributed by atoms with E-state index in [0.717, 1.165) is 17.8 Å². The maximum Gasteiger partial charge on any atom is 0.261 e. The quantitative estimate of drug-likeness (QED) is 0.626. The first kappa shape index (κ1) is 19.3. The summed E-state index contributed by atoms with van der Waals surface area (Å²) in [4.78, 5) is 12.8. The lowest BCUT2D eigenvalue weighted by Crippen LogP contribution is -2.23. The number of rotatable bonds is 7. The van der Waals surface area contributed by atoms with Crippen molar-refractivity contribution in [2.24, 2.45) is 0 Å². The SMILES string of the molecule is CCn1ncc(Cl)c1CNC(=O)c1cc(COc2ccc(F)cc2F)cs1. The zero-order chi connectivity index (χ0) is 19.4. The first-order valence-electron chi connectivity index (χ1n) is 8.11. The topological polar surface area (TPSA) is 56.2 Å². The second kappa shape index (κ2) is 8.49. The molecule has 0 saturated heterocycles. The van der Waals surface area contributed by atoms with E-state index in [1.807, 2.05) is 6.92 Å². The van der Waals surface area contributed by atoms with Crippen molar-refractivity contribution in [2.45, 2.75) is 26.6 Å². The molecular weight excluding hydrogens is 396 g/mol. The molecule has 0 aliphatic heterocycles. The van der Waals surface area contributed by atoms with E-state index in [4.69, 9.17) is 16.3 Å². The molecule has 0 saturated carbocycles. The monoisotopic (exact) mass is 411 g/mol. The Morgan fingerprint density at radius 3 is 2.93 bits per heavy atom. The molecule has 0 fully saturated rings. The summed E-state index contributed by atoms with van der Waals surface area (Å²) < 4.78 is 33.5. The number of halogens is 3. The number of carbonyl (C=O) groups is 1. The van der Waals surface area contributed by atoms with E-state index in [1.54, 1.807) is 22.3 Å². The molecule has 1 aromatic carbocycles. The summed E-state index contributed by atoms with van der Waals surface area (Å²) in [5.74, 6) is -1.73. The van der Waals surface area contributed by atoms with Gasteiger partial charge in [-0.05, 0) is 30.5 Å². The average molecular weight is 412 g/mol. The fourth-order valence-electron chi connectivity index (χ4n) is 2.41. The number of ether oxygens (including phenoxy) is 1. The highest BCUT2D eigenvalue weighted by atomic mass is 35.5. The molecule has 3 rings (SSSR count). The molecule has 9 heteroatoms. The second-order valence-electron chi connectivity index (χ2n) is 5.62. The largest absolute Gasteiger partial charge is 0.486 e. The lowest BCUT2D eigenvalue weighted by atomic mass is 10.3. The summed E-state index contributed by atoms with van der Waals surface area (Å²) >= 11 is 7.33. The number of hydrogen-bond donors (Lipinski definition) is 1. The van der Waals surface area contributed by atoms with Crippen LogP contribution in [0.2, 0.25) is 5.02 Å². The van der Waals surface area contributed by atoms with E-state index in [1.165, 1.54) is 17.4 Å². The molecule has 1 N–H and O–H groups in total. The van der Waals surface area contributed by atoms with Crippen molar-refractivity contribution in [3.8, 4) is 5.75 Å². The molecule has 0 bridgehead atoms. The average Bonchev–Trinajstić information content (AvgIpc) is 3.25. The molecule has 0 atom stereocenters. The molecule has 142 valence electrons. The third kappa shape index (κ3) is 4.64. The molecule has 0 aliphatic rings. The van der Waals surface area contributed by atoms with Gasteiger partial charge in [-0.2, -0.15) is 5.10 Å². The standard InChI is InChI=1S/C18H16ClF2N3O2S/c1-2-24-15(13(19)7-23-24)8-22-18(25)17-5-11(10-27-17)9-26-16-4-3-12(20)6-14(16)21/h3-7,10H,2,8-9H2,1H3,(H,22,25). The highest BCUT2D eigenvalue weighted by molar-refractivity contribution is 7.12. The Morgan fingerprint density at radius 1 is 1.37 bits per heavy atom. The summed E-state index contributed by atoms with van der Waals surface area (Å²) in [6.07, 6.45) is 1.54. The number of amides is 1. The van der Waals surface area contributed by atoms with E-state index in [-0.39, 0.29) is 24.8 Å². The molecule has 2 aromatic heterocycles. The van der Waals surface area contributed by atoms with E-state index >= 15 is 0 Å². The molecule has 2 heterocycles. The molecule has 3 aromatic rings. The molecule has 1 amide bonds. The number of nitrogens with one attached hydrogen (secondary N) is 1. The highest BCUT2D eigenvalue weighted by Gasteiger charge is 2.13. The van der Waals surface area contributed by atoms with Crippen molar-refractivity contribution < 1.29 is 18.3 Å². The minimum Gasteiger partial charge on any atom is -0.486 e. The zero-order valence-corrected chi connectivity index (χ0v) is 15.9. The third-order valence-electron chi connectivity index (χ3n) is 3.78. The van der Waals surface area contributed by atoms with Crippen LogP contribution in [0.25, 0.3) is 0 Å². The molecule has 27 heavy (non-hydrogen) atoms. The maximum absolute atomic E-state index is 13.6. The van der Waals surface area contributed by atoms with Crippen molar-refractivity contribution in [3.63, 3.8) is 0 Å². The number of hydrogen-bond acceptors (Lipinski definition) is 4. The van der Waals surface area contributed by atoms with Gasteiger partial charge in [-0.3, -0.25) is 9.48 Å². The predicted molar refractivity (Wildman–Crippen MR) is 99.1 cm³/mol. The third-order valence-corrected chi connectivity index (χ3v) is 5.07. The Kier molecular flexibility index (Phi) is 6.08. The Labute approximate surface area is 163 Å². The van der Waals surface area contributed by atoms with Gasteiger partial charge in [-0.15, -0.1) is 11.3 Å². The van der Waals surface area contributed by atoms with Crippen LogP contribution < -0.4 is 10.1 Å². The number of nitrogens with zero attached hydrogens (tertiary/aromatic N) is 2. The molecular formula is C18H16ClF2N3O2S. The lowest BCUT2D eigenvalue weighted by Gasteiger charge is -2.07. The predicted octanol–water partition coefficient (Wildman–Crippen LogP) is 4.41. The normalized spacial score (nSPS) is 10.8. The summed E-state index contributed by atoms with van der Waals surface area (Å²) in [5.41, 5.74) is 1.45. The fraction of sp³-hybridized carbons (Fsp3) is 0.222. The van der Waals surface area contributed by atoms with Crippen LogP contribution in [0.3, 0.4) is 0 Å². The van der Waals surface area contributed by atoms with Crippen LogP contribution in [-0.4, -0.2) is 15.7 Å². The first-order chi connectivity index (χ1) is 13.0. The van der Waals surface area contributed by atoms with E-state index in [0.29, 0.717) is 22.0 Å². The minimum atomic E-state index is -0.771.